The molecule has 1 aliphatic heterocycles. The summed E-state index contributed by atoms with van der Waals surface area (Å²) in [7, 11) is 0. The van der Waals surface area contributed by atoms with Crippen LogP contribution in [-0.4, -0.2) is 19.8 Å². The summed E-state index contributed by atoms with van der Waals surface area (Å²) in [5.74, 6) is 0. The highest BCUT2D eigenvalue weighted by Gasteiger charge is 2.18. The van der Waals surface area contributed by atoms with Gasteiger partial charge in [0.1, 0.15) is 0 Å². The second-order valence-corrected chi connectivity index (χ2v) is 4.39. The van der Waals surface area contributed by atoms with Crippen LogP contribution in [-0.2, 0) is 4.74 Å². The highest BCUT2D eigenvalue weighted by molar-refractivity contribution is 5.39. The fraction of sp³-hybridized carbons (Fsp3) is 0.538. The van der Waals surface area contributed by atoms with Crippen LogP contribution in [0, 0.1) is 20.8 Å². The summed E-state index contributed by atoms with van der Waals surface area (Å²) in [6, 6.07) is 4.87. The number of rotatable bonds is 1. The molecule has 0 amide bonds. The third-order valence-corrected chi connectivity index (χ3v) is 3.01. The molecule has 82 valence electrons. The van der Waals surface area contributed by atoms with Crippen molar-refractivity contribution in [3.63, 3.8) is 0 Å². The molecular formula is C13H19NO. The number of hydrogen-bond acceptors (Lipinski definition) is 2. The maximum Gasteiger partial charge on any atom is 0.0662 e. The molecule has 1 atom stereocenters. The zero-order valence-electron chi connectivity index (χ0n) is 9.76. The van der Waals surface area contributed by atoms with Crippen LogP contribution >= 0.6 is 0 Å². The Morgan fingerprint density at radius 3 is 2.40 bits per heavy atom. The third-order valence-electron chi connectivity index (χ3n) is 3.01. The van der Waals surface area contributed by atoms with Crippen molar-refractivity contribution >= 4 is 0 Å². The maximum atomic E-state index is 5.51. The van der Waals surface area contributed by atoms with E-state index in [1.54, 1.807) is 0 Å². The van der Waals surface area contributed by atoms with Crippen molar-refractivity contribution < 1.29 is 4.74 Å². The van der Waals surface area contributed by atoms with Gasteiger partial charge in [0.2, 0.25) is 0 Å². The van der Waals surface area contributed by atoms with Crippen LogP contribution in [0.3, 0.4) is 0 Å². The lowest BCUT2D eigenvalue weighted by Gasteiger charge is -2.27. The van der Waals surface area contributed by atoms with E-state index in [1.807, 2.05) is 0 Å². The predicted octanol–water partition coefficient (Wildman–Crippen LogP) is 2.27. The summed E-state index contributed by atoms with van der Waals surface area (Å²) in [6.45, 7) is 9.11. The largest absolute Gasteiger partial charge is 0.378 e. The monoisotopic (exact) mass is 205 g/mol. The highest BCUT2D eigenvalue weighted by Crippen LogP contribution is 2.24. The molecular weight excluding hydrogens is 186 g/mol. The number of hydrogen-bond donors (Lipinski definition) is 1. The molecule has 1 saturated heterocycles. The van der Waals surface area contributed by atoms with Crippen molar-refractivity contribution in [1.29, 1.82) is 0 Å². The minimum Gasteiger partial charge on any atom is -0.378 e. The lowest BCUT2D eigenvalue weighted by atomic mass is 9.94. The number of nitrogens with one attached hydrogen (secondary N) is 1. The lowest BCUT2D eigenvalue weighted by Crippen LogP contribution is -2.35. The molecule has 1 aromatic rings. The summed E-state index contributed by atoms with van der Waals surface area (Å²) in [5.41, 5.74) is 5.50. The molecule has 1 N–H and O–H groups in total. The maximum absolute atomic E-state index is 5.51. The number of morpholine rings is 1. The van der Waals surface area contributed by atoms with E-state index < -0.39 is 0 Å². The van der Waals surface area contributed by atoms with Gasteiger partial charge in [-0.05, 0) is 37.5 Å². The molecule has 1 aliphatic rings. The Morgan fingerprint density at radius 2 is 1.87 bits per heavy atom. The first-order valence-corrected chi connectivity index (χ1v) is 5.57. The summed E-state index contributed by atoms with van der Waals surface area (Å²) >= 11 is 0. The van der Waals surface area contributed by atoms with Crippen molar-refractivity contribution in [3.05, 3.63) is 34.4 Å². The van der Waals surface area contributed by atoms with Crippen LogP contribution < -0.4 is 5.32 Å². The van der Waals surface area contributed by atoms with Gasteiger partial charge in [0, 0.05) is 6.54 Å². The molecule has 1 aromatic carbocycles. The Kier molecular flexibility index (Phi) is 3.08. The minimum absolute atomic E-state index is 0.374. The number of benzene rings is 1. The first-order valence-electron chi connectivity index (χ1n) is 5.57. The normalized spacial score (nSPS) is 21.7. The van der Waals surface area contributed by atoms with E-state index >= 15 is 0 Å². The van der Waals surface area contributed by atoms with Crippen molar-refractivity contribution in [2.75, 3.05) is 19.8 Å². The second kappa shape index (κ2) is 4.33. The first kappa shape index (κ1) is 10.7. The van der Waals surface area contributed by atoms with Crippen LogP contribution in [0.25, 0.3) is 0 Å². The molecule has 1 unspecified atom stereocenters. The smallest absolute Gasteiger partial charge is 0.0662 e. The summed E-state index contributed by atoms with van der Waals surface area (Å²) in [4.78, 5) is 0. The molecule has 2 rings (SSSR count). The summed E-state index contributed by atoms with van der Waals surface area (Å²) < 4.78 is 5.51. The van der Waals surface area contributed by atoms with Crippen LogP contribution in [0.5, 0.6) is 0 Å². The average Bonchev–Trinajstić information content (AvgIpc) is 2.17. The molecule has 2 heteroatoms. The van der Waals surface area contributed by atoms with E-state index in [1.165, 1.54) is 22.3 Å². The van der Waals surface area contributed by atoms with E-state index in [2.05, 4.69) is 38.2 Å². The molecule has 15 heavy (non-hydrogen) atoms. The lowest BCUT2D eigenvalue weighted by molar-refractivity contribution is 0.0765. The zero-order valence-corrected chi connectivity index (χ0v) is 9.76. The Morgan fingerprint density at radius 1 is 1.20 bits per heavy atom. The van der Waals surface area contributed by atoms with Gasteiger partial charge in [0.25, 0.3) is 0 Å². The van der Waals surface area contributed by atoms with Gasteiger partial charge in [0.05, 0.1) is 19.3 Å². The molecule has 0 aliphatic carbocycles. The molecule has 0 saturated carbocycles. The molecule has 1 heterocycles. The second-order valence-electron chi connectivity index (χ2n) is 4.39. The van der Waals surface area contributed by atoms with Crippen molar-refractivity contribution in [1.82, 2.24) is 5.32 Å². The standard InChI is InChI=1S/C13H19NO/c1-9-6-10(2)13(11(3)7-9)12-8-15-5-4-14-12/h6-7,12,14H,4-5,8H2,1-3H3. The highest BCUT2D eigenvalue weighted by atomic mass is 16.5. The van der Waals surface area contributed by atoms with Gasteiger partial charge in [0.15, 0.2) is 0 Å². The SMILES string of the molecule is Cc1cc(C)c(C2COCCN2)c(C)c1. The molecule has 0 aromatic heterocycles. The van der Waals surface area contributed by atoms with E-state index in [4.69, 9.17) is 4.74 Å². The molecule has 0 bridgehead atoms. The Hall–Kier alpha value is -0.860. The predicted molar refractivity (Wildman–Crippen MR) is 62.2 cm³/mol. The topological polar surface area (TPSA) is 21.3 Å². The molecule has 1 fully saturated rings. The van der Waals surface area contributed by atoms with Crippen LogP contribution in [0.1, 0.15) is 28.3 Å². The van der Waals surface area contributed by atoms with Crippen LogP contribution in [0.15, 0.2) is 12.1 Å². The van der Waals surface area contributed by atoms with E-state index in [0.717, 1.165) is 19.8 Å². The Balaban J connectivity index is 2.33. The van der Waals surface area contributed by atoms with Gasteiger partial charge in [-0.2, -0.15) is 0 Å². The molecule has 0 radical (unpaired) electrons. The number of ether oxygens (including phenoxy) is 1. The Labute approximate surface area is 91.6 Å². The van der Waals surface area contributed by atoms with E-state index in [9.17, 15) is 0 Å². The Bertz CT molecular complexity index is 331. The van der Waals surface area contributed by atoms with Crippen LogP contribution in [0.4, 0.5) is 0 Å². The van der Waals surface area contributed by atoms with Gasteiger partial charge in [-0.25, -0.2) is 0 Å². The summed E-state index contributed by atoms with van der Waals surface area (Å²) in [5, 5.41) is 3.51. The van der Waals surface area contributed by atoms with Crippen molar-refractivity contribution in [2.24, 2.45) is 0 Å². The van der Waals surface area contributed by atoms with Gasteiger partial charge in [-0.15, -0.1) is 0 Å². The summed E-state index contributed by atoms with van der Waals surface area (Å²) in [6.07, 6.45) is 0. The third kappa shape index (κ3) is 2.21. The average molecular weight is 205 g/mol. The van der Waals surface area contributed by atoms with Crippen LogP contribution in [0.2, 0.25) is 0 Å². The van der Waals surface area contributed by atoms with E-state index in [0.29, 0.717) is 6.04 Å². The van der Waals surface area contributed by atoms with Gasteiger partial charge in [-0.1, -0.05) is 17.7 Å². The van der Waals surface area contributed by atoms with Gasteiger partial charge < -0.3 is 10.1 Å². The van der Waals surface area contributed by atoms with Gasteiger partial charge in [-0.3, -0.25) is 0 Å². The van der Waals surface area contributed by atoms with Gasteiger partial charge >= 0.3 is 0 Å². The quantitative estimate of drug-likeness (QED) is 0.759. The fourth-order valence-corrected chi connectivity index (χ4v) is 2.49. The van der Waals surface area contributed by atoms with E-state index in [-0.39, 0.29) is 0 Å². The van der Waals surface area contributed by atoms with Crippen molar-refractivity contribution in [2.45, 2.75) is 26.8 Å². The zero-order chi connectivity index (χ0) is 10.8. The molecule has 2 nitrogen and oxygen atoms in total. The minimum atomic E-state index is 0.374. The number of aryl methyl sites for hydroxylation is 3. The fourth-order valence-electron chi connectivity index (χ4n) is 2.49. The first-order chi connectivity index (χ1) is 7.18. The van der Waals surface area contributed by atoms with Crippen molar-refractivity contribution in [3.8, 4) is 0 Å². The molecule has 0 spiro atoms.